The van der Waals surface area contributed by atoms with Crippen molar-refractivity contribution < 1.29 is 4.52 Å². The van der Waals surface area contributed by atoms with Gasteiger partial charge in [-0.05, 0) is 19.4 Å². The van der Waals surface area contributed by atoms with Crippen LogP contribution in [0.2, 0.25) is 0 Å². The van der Waals surface area contributed by atoms with Gasteiger partial charge in [0, 0.05) is 12.6 Å². The van der Waals surface area contributed by atoms with E-state index in [1.807, 2.05) is 19.2 Å². The van der Waals surface area contributed by atoms with Crippen molar-refractivity contribution in [2.75, 3.05) is 0 Å². The third-order valence-corrected chi connectivity index (χ3v) is 2.05. The molecular formula is C10H14N4O. The van der Waals surface area contributed by atoms with Crippen LogP contribution in [0.5, 0.6) is 0 Å². The molecule has 0 N–H and O–H groups in total. The van der Waals surface area contributed by atoms with Gasteiger partial charge in [-0.2, -0.15) is 10.1 Å². The Hall–Kier alpha value is -1.65. The van der Waals surface area contributed by atoms with Gasteiger partial charge in [0.15, 0.2) is 5.82 Å². The number of rotatable bonds is 4. The van der Waals surface area contributed by atoms with Gasteiger partial charge in [-0.25, -0.2) is 0 Å². The van der Waals surface area contributed by atoms with Gasteiger partial charge in [0.05, 0.1) is 5.69 Å². The molecule has 0 amide bonds. The molecule has 0 saturated heterocycles. The minimum Gasteiger partial charge on any atom is -0.339 e. The molecule has 0 atom stereocenters. The van der Waals surface area contributed by atoms with E-state index in [1.54, 1.807) is 4.68 Å². The second-order valence-corrected chi connectivity index (χ2v) is 3.51. The Balaban J connectivity index is 2.04. The number of nitrogens with zero attached hydrogens (tertiary/aromatic N) is 4. The van der Waals surface area contributed by atoms with E-state index in [4.69, 9.17) is 4.52 Å². The predicted molar refractivity (Wildman–Crippen MR) is 54.4 cm³/mol. The van der Waals surface area contributed by atoms with E-state index in [-0.39, 0.29) is 0 Å². The normalized spacial score (nSPS) is 10.8. The van der Waals surface area contributed by atoms with Crippen LogP contribution in [-0.4, -0.2) is 19.9 Å². The smallest absolute Gasteiger partial charge is 0.226 e. The fourth-order valence-corrected chi connectivity index (χ4v) is 1.37. The zero-order chi connectivity index (χ0) is 10.7. The Bertz CT molecular complexity index is 432. The first-order chi connectivity index (χ1) is 7.28. The summed E-state index contributed by atoms with van der Waals surface area (Å²) in [6.45, 7) is 4.61. The molecule has 0 aromatic carbocycles. The Labute approximate surface area is 88.1 Å². The molecule has 0 unspecified atom stereocenters. The molecule has 0 aliphatic heterocycles. The lowest BCUT2D eigenvalue weighted by Gasteiger charge is -1.93. The van der Waals surface area contributed by atoms with Gasteiger partial charge < -0.3 is 4.52 Å². The summed E-state index contributed by atoms with van der Waals surface area (Å²) < 4.78 is 6.88. The summed E-state index contributed by atoms with van der Waals surface area (Å²) in [6, 6.07) is 1.95. The van der Waals surface area contributed by atoms with Gasteiger partial charge in [0.25, 0.3) is 0 Å². The van der Waals surface area contributed by atoms with Crippen molar-refractivity contribution in [3.63, 3.8) is 0 Å². The zero-order valence-electron chi connectivity index (χ0n) is 8.97. The van der Waals surface area contributed by atoms with Gasteiger partial charge >= 0.3 is 0 Å². The van der Waals surface area contributed by atoms with Crippen molar-refractivity contribution >= 4 is 0 Å². The van der Waals surface area contributed by atoms with E-state index in [0.29, 0.717) is 18.3 Å². The van der Waals surface area contributed by atoms with E-state index < -0.39 is 0 Å². The summed E-state index contributed by atoms with van der Waals surface area (Å²) in [5, 5.41) is 8.15. The highest BCUT2D eigenvalue weighted by Crippen LogP contribution is 2.02. The van der Waals surface area contributed by atoms with Gasteiger partial charge in [-0.3, -0.25) is 4.68 Å². The van der Waals surface area contributed by atoms with Crippen LogP contribution in [0.3, 0.4) is 0 Å². The van der Waals surface area contributed by atoms with Gasteiger partial charge in [-0.1, -0.05) is 12.1 Å². The number of hydrogen-bond acceptors (Lipinski definition) is 4. The summed E-state index contributed by atoms with van der Waals surface area (Å²) in [6.07, 6.45) is 3.76. The Morgan fingerprint density at radius 2 is 2.33 bits per heavy atom. The molecule has 2 aromatic heterocycles. The third kappa shape index (κ3) is 2.43. The number of hydrogen-bond donors (Lipinski definition) is 0. The topological polar surface area (TPSA) is 56.7 Å². The first-order valence-corrected chi connectivity index (χ1v) is 5.09. The lowest BCUT2D eigenvalue weighted by Crippen LogP contribution is -2.02. The van der Waals surface area contributed by atoms with Crippen molar-refractivity contribution in [1.82, 2.24) is 19.9 Å². The van der Waals surface area contributed by atoms with Crippen LogP contribution >= 0.6 is 0 Å². The Morgan fingerprint density at radius 1 is 1.47 bits per heavy atom. The molecule has 80 valence electrons. The SMILES string of the molecule is CCCc1nc(Cn2ccc(C)n2)no1. The fraction of sp³-hybridized carbons (Fsp3) is 0.500. The molecule has 0 bridgehead atoms. The van der Waals surface area contributed by atoms with E-state index in [9.17, 15) is 0 Å². The van der Waals surface area contributed by atoms with E-state index in [0.717, 1.165) is 18.5 Å². The second-order valence-electron chi connectivity index (χ2n) is 3.51. The van der Waals surface area contributed by atoms with Gasteiger partial charge in [0.2, 0.25) is 5.89 Å². The maximum absolute atomic E-state index is 5.08. The minimum absolute atomic E-state index is 0.570. The molecule has 0 fully saturated rings. The van der Waals surface area contributed by atoms with Gasteiger partial charge in [0.1, 0.15) is 6.54 Å². The molecule has 2 heterocycles. The molecule has 0 spiro atoms. The molecular weight excluding hydrogens is 192 g/mol. The number of aromatic nitrogens is 4. The van der Waals surface area contributed by atoms with E-state index in [2.05, 4.69) is 22.2 Å². The molecule has 0 saturated carbocycles. The molecule has 0 radical (unpaired) electrons. The lowest BCUT2D eigenvalue weighted by molar-refractivity contribution is 0.370. The third-order valence-electron chi connectivity index (χ3n) is 2.05. The van der Waals surface area contributed by atoms with Crippen LogP contribution in [0.1, 0.15) is 30.8 Å². The molecule has 2 aromatic rings. The maximum Gasteiger partial charge on any atom is 0.226 e. The maximum atomic E-state index is 5.08. The van der Waals surface area contributed by atoms with Crippen LogP contribution in [0, 0.1) is 6.92 Å². The standard InChI is InChI=1S/C10H14N4O/c1-3-4-10-11-9(13-15-10)7-14-6-5-8(2)12-14/h5-6H,3-4,7H2,1-2H3. The van der Waals surface area contributed by atoms with Crippen LogP contribution in [0.4, 0.5) is 0 Å². The summed E-state index contributed by atoms with van der Waals surface area (Å²) in [4.78, 5) is 4.27. The summed E-state index contributed by atoms with van der Waals surface area (Å²) in [5.41, 5.74) is 0.993. The summed E-state index contributed by atoms with van der Waals surface area (Å²) in [5.74, 6) is 1.39. The first-order valence-electron chi connectivity index (χ1n) is 5.09. The van der Waals surface area contributed by atoms with Crippen molar-refractivity contribution in [2.45, 2.75) is 33.2 Å². The van der Waals surface area contributed by atoms with Crippen LogP contribution in [0.25, 0.3) is 0 Å². The van der Waals surface area contributed by atoms with Crippen molar-refractivity contribution in [3.05, 3.63) is 29.7 Å². The highest BCUT2D eigenvalue weighted by Gasteiger charge is 2.06. The van der Waals surface area contributed by atoms with Crippen molar-refractivity contribution in [2.24, 2.45) is 0 Å². The lowest BCUT2D eigenvalue weighted by atomic mass is 10.3. The average Bonchev–Trinajstić information content (AvgIpc) is 2.78. The molecule has 5 heteroatoms. The zero-order valence-corrected chi connectivity index (χ0v) is 8.97. The quantitative estimate of drug-likeness (QED) is 0.762. The molecule has 2 rings (SSSR count). The average molecular weight is 206 g/mol. The fourth-order valence-electron chi connectivity index (χ4n) is 1.37. The summed E-state index contributed by atoms with van der Waals surface area (Å²) >= 11 is 0. The van der Waals surface area contributed by atoms with Crippen molar-refractivity contribution in [3.8, 4) is 0 Å². The van der Waals surface area contributed by atoms with Crippen molar-refractivity contribution in [1.29, 1.82) is 0 Å². The summed E-state index contributed by atoms with van der Waals surface area (Å²) in [7, 11) is 0. The highest BCUT2D eigenvalue weighted by molar-refractivity contribution is 4.97. The van der Waals surface area contributed by atoms with Crippen LogP contribution in [-0.2, 0) is 13.0 Å². The highest BCUT2D eigenvalue weighted by atomic mass is 16.5. The van der Waals surface area contributed by atoms with Gasteiger partial charge in [-0.15, -0.1) is 0 Å². The molecule has 0 aliphatic rings. The minimum atomic E-state index is 0.570. The first kappa shape index (κ1) is 9.89. The predicted octanol–water partition coefficient (Wildman–Crippen LogP) is 1.58. The Kier molecular flexibility index (Phi) is 2.80. The van der Waals surface area contributed by atoms with E-state index >= 15 is 0 Å². The second kappa shape index (κ2) is 4.25. The van der Waals surface area contributed by atoms with Crippen LogP contribution in [0.15, 0.2) is 16.8 Å². The Morgan fingerprint density at radius 3 is 3.00 bits per heavy atom. The largest absolute Gasteiger partial charge is 0.339 e. The molecule has 15 heavy (non-hydrogen) atoms. The van der Waals surface area contributed by atoms with Crippen LogP contribution < -0.4 is 0 Å². The molecule has 0 aliphatic carbocycles. The molecule has 5 nitrogen and oxygen atoms in total. The van der Waals surface area contributed by atoms with E-state index in [1.165, 1.54) is 0 Å². The number of aryl methyl sites for hydroxylation is 2. The monoisotopic (exact) mass is 206 g/mol.